The van der Waals surface area contributed by atoms with Gasteiger partial charge in [0.25, 0.3) is 5.91 Å². The number of hydrogen-bond acceptors (Lipinski definition) is 2. The number of aromatic amines is 1. The zero-order valence-electron chi connectivity index (χ0n) is 11.4. The lowest BCUT2D eigenvalue weighted by atomic mass is 10.0. The first-order chi connectivity index (χ1) is 9.10. The Labute approximate surface area is 113 Å². The molecule has 0 fully saturated rings. The lowest BCUT2D eigenvalue weighted by Gasteiger charge is -2.18. The van der Waals surface area contributed by atoms with Crippen LogP contribution in [0.4, 0.5) is 0 Å². The number of amides is 1. The van der Waals surface area contributed by atoms with Crippen molar-refractivity contribution in [3.05, 3.63) is 36.0 Å². The molecule has 2 aromatic rings. The van der Waals surface area contributed by atoms with Crippen LogP contribution >= 0.6 is 0 Å². The SMILES string of the molecule is CC(C)CC(CN)NC(=O)c1cc2ccccc2[nH]1. The van der Waals surface area contributed by atoms with Crippen LogP contribution in [0.1, 0.15) is 30.8 Å². The van der Waals surface area contributed by atoms with E-state index in [2.05, 4.69) is 24.1 Å². The maximum absolute atomic E-state index is 12.2. The van der Waals surface area contributed by atoms with Gasteiger partial charge in [-0.1, -0.05) is 32.0 Å². The van der Waals surface area contributed by atoms with Crippen molar-refractivity contribution in [3.63, 3.8) is 0 Å². The second-order valence-corrected chi connectivity index (χ2v) is 5.31. The molecule has 1 amide bonds. The molecule has 0 aliphatic heterocycles. The number of rotatable bonds is 5. The van der Waals surface area contributed by atoms with Gasteiger partial charge < -0.3 is 16.0 Å². The fraction of sp³-hybridized carbons (Fsp3) is 0.400. The number of benzene rings is 1. The van der Waals surface area contributed by atoms with Gasteiger partial charge in [-0.05, 0) is 24.5 Å². The van der Waals surface area contributed by atoms with Gasteiger partial charge in [-0.2, -0.15) is 0 Å². The zero-order chi connectivity index (χ0) is 13.8. The third-order valence-corrected chi connectivity index (χ3v) is 3.15. The lowest BCUT2D eigenvalue weighted by Crippen LogP contribution is -2.41. The summed E-state index contributed by atoms with van der Waals surface area (Å²) in [6.07, 6.45) is 0.891. The molecule has 19 heavy (non-hydrogen) atoms. The minimum absolute atomic E-state index is 0.0268. The zero-order valence-corrected chi connectivity index (χ0v) is 11.4. The maximum atomic E-state index is 12.2. The summed E-state index contributed by atoms with van der Waals surface area (Å²) in [6.45, 7) is 4.71. The number of aromatic nitrogens is 1. The molecule has 1 aromatic carbocycles. The molecule has 4 N–H and O–H groups in total. The van der Waals surface area contributed by atoms with E-state index in [4.69, 9.17) is 5.73 Å². The van der Waals surface area contributed by atoms with Crippen LogP contribution in [0.2, 0.25) is 0 Å². The molecule has 102 valence electrons. The summed E-state index contributed by atoms with van der Waals surface area (Å²) in [5.74, 6) is 0.420. The Kier molecular flexibility index (Phi) is 4.22. The standard InChI is InChI=1S/C15H21N3O/c1-10(2)7-12(9-16)17-15(19)14-8-11-5-3-4-6-13(11)18-14/h3-6,8,10,12,18H,7,9,16H2,1-2H3,(H,17,19). The minimum Gasteiger partial charge on any atom is -0.351 e. The van der Waals surface area contributed by atoms with E-state index in [1.807, 2.05) is 30.3 Å². The van der Waals surface area contributed by atoms with Gasteiger partial charge in [0.2, 0.25) is 0 Å². The minimum atomic E-state index is -0.0905. The predicted octanol–water partition coefficient (Wildman–Crippen LogP) is 2.27. The highest BCUT2D eigenvalue weighted by Crippen LogP contribution is 2.15. The highest BCUT2D eigenvalue weighted by Gasteiger charge is 2.15. The Morgan fingerprint density at radius 3 is 2.74 bits per heavy atom. The normalized spacial score (nSPS) is 12.8. The third-order valence-electron chi connectivity index (χ3n) is 3.15. The van der Waals surface area contributed by atoms with Crippen molar-refractivity contribution in [2.24, 2.45) is 11.7 Å². The van der Waals surface area contributed by atoms with Crippen molar-refractivity contribution in [1.82, 2.24) is 10.3 Å². The van der Waals surface area contributed by atoms with Gasteiger partial charge in [0, 0.05) is 23.5 Å². The fourth-order valence-corrected chi connectivity index (χ4v) is 2.24. The summed E-state index contributed by atoms with van der Waals surface area (Å²) in [4.78, 5) is 15.3. The first-order valence-corrected chi connectivity index (χ1v) is 6.69. The molecule has 0 aliphatic carbocycles. The molecule has 2 rings (SSSR count). The quantitative estimate of drug-likeness (QED) is 0.771. The molecule has 1 unspecified atom stereocenters. The average molecular weight is 259 g/mol. The molecule has 4 nitrogen and oxygen atoms in total. The highest BCUT2D eigenvalue weighted by atomic mass is 16.1. The van der Waals surface area contributed by atoms with Crippen molar-refractivity contribution in [2.75, 3.05) is 6.54 Å². The summed E-state index contributed by atoms with van der Waals surface area (Å²) in [6, 6.07) is 9.74. The van der Waals surface area contributed by atoms with Gasteiger partial charge in [-0.25, -0.2) is 0 Å². The van der Waals surface area contributed by atoms with Gasteiger partial charge >= 0.3 is 0 Å². The number of carbonyl (C=O) groups excluding carboxylic acids is 1. The number of fused-ring (bicyclic) bond motifs is 1. The second-order valence-electron chi connectivity index (χ2n) is 5.31. The number of hydrogen-bond donors (Lipinski definition) is 3. The molecule has 0 spiro atoms. The Morgan fingerprint density at radius 1 is 1.37 bits per heavy atom. The van der Waals surface area contributed by atoms with E-state index in [1.54, 1.807) is 0 Å². The van der Waals surface area contributed by atoms with Crippen LogP contribution in [0, 0.1) is 5.92 Å². The number of H-pyrrole nitrogens is 1. The van der Waals surface area contributed by atoms with E-state index in [9.17, 15) is 4.79 Å². The topological polar surface area (TPSA) is 70.9 Å². The van der Waals surface area contributed by atoms with Gasteiger partial charge in [0.1, 0.15) is 5.69 Å². The molecular formula is C15H21N3O. The van der Waals surface area contributed by atoms with Crippen LogP contribution in [0.25, 0.3) is 10.9 Å². The van der Waals surface area contributed by atoms with Crippen LogP contribution in [0.15, 0.2) is 30.3 Å². The van der Waals surface area contributed by atoms with Crippen molar-refractivity contribution >= 4 is 16.8 Å². The van der Waals surface area contributed by atoms with Crippen molar-refractivity contribution < 1.29 is 4.79 Å². The summed E-state index contributed by atoms with van der Waals surface area (Å²) >= 11 is 0. The molecule has 0 radical (unpaired) electrons. The summed E-state index contributed by atoms with van der Waals surface area (Å²) in [5.41, 5.74) is 7.26. The Balaban J connectivity index is 2.10. The summed E-state index contributed by atoms with van der Waals surface area (Å²) in [5, 5.41) is 4.02. The second kappa shape index (κ2) is 5.89. The first kappa shape index (κ1) is 13.6. The Morgan fingerprint density at radius 2 is 2.11 bits per heavy atom. The van der Waals surface area contributed by atoms with E-state index in [0.29, 0.717) is 18.2 Å². The smallest absolute Gasteiger partial charge is 0.267 e. The van der Waals surface area contributed by atoms with Gasteiger partial charge in [0.15, 0.2) is 0 Å². The fourth-order valence-electron chi connectivity index (χ4n) is 2.24. The van der Waals surface area contributed by atoms with Crippen molar-refractivity contribution in [2.45, 2.75) is 26.3 Å². The third kappa shape index (κ3) is 3.35. The van der Waals surface area contributed by atoms with Crippen LogP contribution in [0.3, 0.4) is 0 Å². The van der Waals surface area contributed by atoms with Crippen LogP contribution in [-0.2, 0) is 0 Å². The molecule has 1 heterocycles. The Hall–Kier alpha value is -1.81. The monoisotopic (exact) mass is 259 g/mol. The van der Waals surface area contributed by atoms with Crippen LogP contribution in [-0.4, -0.2) is 23.5 Å². The molecule has 0 saturated heterocycles. The van der Waals surface area contributed by atoms with Gasteiger partial charge in [-0.3, -0.25) is 4.79 Å². The van der Waals surface area contributed by atoms with E-state index in [-0.39, 0.29) is 11.9 Å². The molecule has 0 aliphatic rings. The number of nitrogens with two attached hydrogens (primary N) is 1. The van der Waals surface area contributed by atoms with E-state index in [0.717, 1.165) is 17.3 Å². The molecule has 1 aromatic heterocycles. The van der Waals surface area contributed by atoms with Gasteiger partial charge in [0.05, 0.1) is 0 Å². The first-order valence-electron chi connectivity index (χ1n) is 6.69. The molecular weight excluding hydrogens is 238 g/mol. The highest BCUT2D eigenvalue weighted by molar-refractivity contribution is 5.98. The summed E-state index contributed by atoms with van der Waals surface area (Å²) < 4.78 is 0. The summed E-state index contributed by atoms with van der Waals surface area (Å²) in [7, 11) is 0. The molecule has 0 saturated carbocycles. The largest absolute Gasteiger partial charge is 0.351 e. The van der Waals surface area contributed by atoms with Crippen LogP contribution < -0.4 is 11.1 Å². The predicted molar refractivity (Wildman–Crippen MR) is 78.1 cm³/mol. The van der Waals surface area contributed by atoms with Crippen molar-refractivity contribution in [3.8, 4) is 0 Å². The number of nitrogens with one attached hydrogen (secondary N) is 2. The Bertz CT molecular complexity index is 526. The number of carbonyl (C=O) groups is 1. The molecule has 1 atom stereocenters. The maximum Gasteiger partial charge on any atom is 0.267 e. The van der Waals surface area contributed by atoms with E-state index >= 15 is 0 Å². The number of para-hydroxylation sites is 1. The van der Waals surface area contributed by atoms with Crippen molar-refractivity contribution in [1.29, 1.82) is 0 Å². The lowest BCUT2D eigenvalue weighted by molar-refractivity contribution is 0.0929. The van der Waals surface area contributed by atoms with Gasteiger partial charge in [-0.15, -0.1) is 0 Å². The molecule has 4 heteroatoms. The average Bonchev–Trinajstić information content (AvgIpc) is 2.81. The van der Waals surface area contributed by atoms with E-state index < -0.39 is 0 Å². The molecule has 0 bridgehead atoms. The van der Waals surface area contributed by atoms with E-state index in [1.165, 1.54) is 0 Å². The van der Waals surface area contributed by atoms with Crippen LogP contribution in [0.5, 0.6) is 0 Å².